The minimum absolute atomic E-state index is 0. The maximum absolute atomic E-state index is 12.6. The Kier molecular flexibility index (Phi) is 5.88. The molecule has 1 saturated heterocycles. The van der Waals surface area contributed by atoms with Crippen molar-refractivity contribution in [1.82, 2.24) is 10.2 Å². The highest BCUT2D eigenvalue weighted by atomic mass is 35.5. The summed E-state index contributed by atoms with van der Waals surface area (Å²) in [7, 11) is 0. The van der Waals surface area contributed by atoms with Crippen LogP contribution in [0.25, 0.3) is 0 Å². The van der Waals surface area contributed by atoms with Crippen LogP contribution in [0.15, 0.2) is 24.3 Å². The number of nitrogens with one attached hydrogen (secondary N) is 1. The van der Waals surface area contributed by atoms with Crippen LogP contribution in [0.4, 0.5) is 0 Å². The first-order valence-electron chi connectivity index (χ1n) is 8.37. The number of nitrogens with zero attached hydrogens (tertiary/aromatic N) is 1. The Hall–Kier alpha value is -1.59. The molecule has 1 aromatic rings. The molecule has 0 bridgehead atoms. The van der Waals surface area contributed by atoms with Gasteiger partial charge in [-0.15, -0.1) is 12.4 Å². The Balaban J connectivity index is 0.00000208. The standard InChI is InChI=1S/C18H25N3O2.ClH/c1-11-4-3-5-13(8-11)17(22)20-12(2)18(23)21-9-14-6-7-16(19)15(14)10-21;/h3-5,8,12,14-16H,6-7,9-10,19H2,1-2H3,(H,20,22);1H. The van der Waals surface area contributed by atoms with E-state index in [1.54, 1.807) is 13.0 Å². The van der Waals surface area contributed by atoms with E-state index >= 15 is 0 Å². The van der Waals surface area contributed by atoms with Crippen LogP contribution in [0.5, 0.6) is 0 Å². The maximum atomic E-state index is 12.6. The van der Waals surface area contributed by atoms with Crippen LogP contribution in [0.3, 0.4) is 0 Å². The highest BCUT2D eigenvalue weighted by Crippen LogP contribution is 2.37. The lowest BCUT2D eigenvalue weighted by atomic mass is 9.98. The fourth-order valence-electron chi connectivity index (χ4n) is 3.89. The highest BCUT2D eigenvalue weighted by molar-refractivity contribution is 5.97. The molecule has 3 N–H and O–H groups in total. The average molecular weight is 352 g/mol. The van der Waals surface area contributed by atoms with Gasteiger partial charge in [0.05, 0.1) is 0 Å². The molecule has 5 nitrogen and oxygen atoms in total. The number of rotatable bonds is 3. The molecule has 1 aliphatic carbocycles. The average Bonchev–Trinajstić information content (AvgIpc) is 3.09. The lowest BCUT2D eigenvalue weighted by molar-refractivity contribution is -0.132. The molecule has 24 heavy (non-hydrogen) atoms. The molecule has 132 valence electrons. The van der Waals surface area contributed by atoms with E-state index in [-0.39, 0.29) is 30.3 Å². The first kappa shape index (κ1) is 18.7. The Morgan fingerprint density at radius 1 is 1.29 bits per heavy atom. The van der Waals surface area contributed by atoms with Crippen LogP contribution in [0, 0.1) is 18.8 Å². The molecule has 0 radical (unpaired) electrons. The van der Waals surface area contributed by atoms with Crippen molar-refractivity contribution in [3.05, 3.63) is 35.4 Å². The Morgan fingerprint density at radius 3 is 2.71 bits per heavy atom. The summed E-state index contributed by atoms with van der Waals surface area (Å²) in [5.41, 5.74) is 7.74. The smallest absolute Gasteiger partial charge is 0.251 e. The fourth-order valence-corrected chi connectivity index (χ4v) is 3.89. The lowest BCUT2D eigenvalue weighted by Gasteiger charge is -2.23. The number of nitrogens with two attached hydrogens (primary N) is 1. The van der Waals surface area contributed by atoms with Crippen LogP contribution in [-0.4, -0.2) is 41.9 Å². The quantitative estimate of drug-likeness (QED) is 0.870. The molecular weight excluding hydrogens is 326 g/mol. The number of benzene rings is 1. The molecule has 1 heterocycles. The maximum Gasteiger partial charge on any atom is 0.251 e. The Morgan fingerprint density at radius 2 is 2.04 bits per heavy atom. The molecular formula is C18H26ClN3O2. The van der Waals surface area contributed by atoms with Gasteiger partial charge in [0.1, 0.15) is 6.04 Å². The second-order valence-electron chi connectivity index (χ2n) is 6.97. The van der Waals surface area contributed by atoms with Gasteiger partial charge in [0.15, 0.2) is 0 Å². The first-order chi connectivity index (χ1) is 11.0. The Bertz CT molecular complexity index is 622. The first-order valence-corrected chi connectivity index (χ1v) is 8.37. The van der Waals surface area contributed by atoms with Crippen molar-refractivity contribution in [2.75, 3.05) is 13.1 Å². The molecule has 3 rings (SSSR count). The number of fused-ring (bicyclic) bond motifs is 1. The predicted octanol–water partition coefficient (Wildman–Crippen LogP) is 1.73. The van der Waals surface area contributed by atoms with Crippen molar-refractivity contribution >= 4 is 24.2 Å². The summed E-state index contributed by atoms with van der Waals surface area (Å²) >= 11 is 0. The summed E-state index contributed by atoms with van der Waals surface area (Å²) in [5, 5.41) is 2.82. The van der Waals surface area contributed by atoms with Crippen LogP contribution < -0.4 is 11.1 Å². The number of carbonyl (C=O) groups excluding carboxylic acids is 2. The van der Waals surface area contributed by atoms with Crippen molar-refractivity contribution in [3.8, 4) is 0 Å². The molecule has 2 amide bonds. The summed E-state index contributed by atoms with van der Waals surface area (Å²) in [5.74, 6) is 0.755. The zero-order valence-corrected chi connectivity index (χ0v) is 15.0. The van der Waals surface area contributed by atoms with E-state index in [1.807, 2.05) is 30.0 Å². The van der Waals surface area contributed by atoms with Crippen LogP contribution in [0.1, 0.15) is 35.7 Å². The molecule has 4 atom stereocenters. The van der Waals surface area contributed by atoms with Gasteiger partial charge in [-0.05, 0) is 50.7 Å². The lowest BCUT2D eigenvalue weighted by Crippen LogP contribution is -2.46. The third kappa shape index (κ3) is 3.73. The monoisotopic (exact) mass is 351 g/mol. The number of aryl methyl sites for hydroxylation is 1. The van der Waals surface area contributed by atoms with Crippen LogP contribution in [0.2, 0.25) is 0 Å². The molecule has 0 spiro atoms. The summed E-state index contributed by atoms with van der Waals surface area (Å²) in [6.45, 7) is 5.21. The highest BCUT2D eigenvalue weighted by Gasteiger charge is 2.43. The minimum atomic E-state index is -0.516. The van der Waals surface area contributed by atoms with E-state index < -0.39 is 6.04 Å². The molecule has 6 heteroatoms. The molecule has 1 aromatic carbocycles. The second kappa shape index (κ2) is 7.53. The second-order valence-corrected chi connectivity index (χ2v) is 6.97. The van der Waals surface area contributed by atoms with Gasteiger partial charge in [0.25, 0.3) is 5.91 Å². The van der Waals surface area contributed by atoms with Crippen molar-refractivity contribution in [3.63, 3.8) is 0 Å². The van der Waals surface area contributed by atoms with E-state index in [1.165, 1.54) is 0 Å². The molecule has 1 aliphatic heterocycles. The summed E-state index contributed by atoms with van der Waals surface area (Å²) in [6.07, 6.45) is 2.18. The molecule has 0 aromatic heterocycles. The van der Waals surface area contributed by atoms with Gasteiger partial charge in [-0.2, -0.15) is 0 Å². The summed E-state index contributed by atoms with van der Waals surface area (Å²) in [6, 6.07) is 7.08. The van der Waals surface area contributed by atoms with Gasteiger partial charge in [-0.3, -0.25) is 9.59 Å². The third-order valence-corrected chi connectivity index (χ3v) is 5.22. The number of halogens is 1. The van der Waals surface area contributed by atoms with Crippen LogP contribution >= 0.6 is 12.4 Å². The number of likely N-dealkylation sites (tertiary alicyclic amines) is 1. The van der Waals surface area contributed by atoms with Gasteiger partial charge in [0, 0.05) is 24.7 Å². The van der Waals surface area contributed by atoms with Crippen molar-refractivity contribution < 1.29 is 9.59 Å². The number of carbonyl (C=O) groups is 2. The summed E-state index contributed by atoms with van der Waals surface area (Å²) < 4.78 is 0. The summed E-state index contributed by atoms with van der Waals surface area (Å²) in [4.78, 5) is 26.7. The van der Waals surface area contributed by atoms with Gasteiger partial charge in [-0.25, -0.2) is 0 Å². The molecule has 4 unspecified atom stereocenters. The molecule has 2 aliphatic rings. The topological polar surface area (TPSA) is 75.4 Å². The minimum Gasteiger partial charge on any atom is -0.341 e. The van der Waals surface area contributed by atoms with Crippen LogP contribution in [-0.2, 0) is 4.79 Å². The van der Waals surface area contributed by atoms with Crippen molar-refractivity contribution in [2.45, 2.75) is 38.8 Å². The molecule has 1 saturated carbocycles. The third-order valence-electron chi connectivity index (χ3n) is 5.22. The van der Waals surface area contributed by atoms with Gasteiger partial charge in [0.2, 0.25) is 5.91 Å². The largest absolute Gasteiger partial charge is 0.341 e. The van der Waals surface area contributed by atoms with Crippen molar-refractivity contribution in [1.29, 1.82) is 0 Å². The normalized spacial score (nSPS) is 26.5. The number of hydrogen-bond donors (Lipinski definition) is 2. The van der Waals surface area contributed by atoms with Gasteiger partial charge < -0.3 is 16.0 Å². The molecule has 2 fully saturated rings. The van der Waals surface area contributed by atoms with E-state index in [2.05, 4.69) is 5.32 Å². The van der Waals surface area contributed by atoms with E-state index in [9.17, 15) is 9.59 Å². The van der Waals surface area contributed by atoms with E-state index in [0.29, 0.717) is 17.4 Å². The zero-order valence-electron chi connectivity index (χ0n) is 14.2. The van der Waals surface area contributed by atoms with E-state index in [4.69, 9.17) is 5.73 Å². The van der Waals surface area contributed by atoms with Gasteiger partial charge in [-0.1, -0.05) is 17.7 Å². The van der Waals surface area contributed by atoms with E-state index in [0.717, 1.165) is 31.5 Å². The zero-order chi connectivity index (χ0) is 16.6. The van der Waals surface area contributed by atoms with Crippen molar-refractivity contribution in [2.24, 2.45) is 17.6 Å². The Labute approximate surface area is 149 Å². The number of amides is 2. The predicted molar refractivity (Wildman–Crippen MR) is 96.1 cm³/mol. The number of hydrogen-bond acceptors (Lipinski definition) is 3. The fraction of sp³-hybridized carbons (Fsp3) is 0.556. The SMILES string of the molecule is Cc1cccc(C(=O)NC(C)C(=O)N2CC3CCC(N)C3C2)c1.Cl. The van der Waals surface area contributed by atoms with Gasteiger partial charge >= 0.3 is 0 Å².